The first-order chi connectivity index (χ1) is 14.0. The van der Waals surface area contributed by atoms with E-state index in [1.807, 2.05) is 18.2 Å². The van der Waals surface area contributed by atoms with Crippen molar-refractivity contribution in [1.82, 2.24) is 20.2 Å². The van der Waals surface area contributed by atoms with Crippen molar-refractivity contribution < 1.29 is 9.18 Å². The molecule has 0 radical (unpaired) electrons. The van der Waals surface area contributed by atoms with Crippen LogP contribution in [0, 0.1) is 5.82 Å². The van der Waals surface area contributed by atoms with Crippen LogP contribution in [0.4, 0.5) is 4.39 Å². The van der Waals surface area contributed by atoms with E-state index in [0.717, 1.165) is 6.42 Å². The Hall–Kier alpha value is -2.87. The minimum atomic E-state index is -0.407. The van der Waals surface area contributed by atoms with Crippen molar-refractivity contribution in [3.05, 3.63) is 66.0 Å². The van der Waals surface area contributed by atoms with E-state index in [1.54, 1.807) is 19.1 Å². The first-order valence-electron chi connectivity index (χ1n) is 9.45. The molecule has 1 amide bonds. The summed E-state index contributed by atoms with van der Waals surface area (Å²) in [5.41, 5.74) is 1.73. The van der Waals surface area contributed by atoms with Crippen LogP contribution in [0.15, 0.2) is 59.8 Å². The van der Waals surface area contributed by atoms with Crippen molar-refractivity contribution in [3.8, 4) is 11.4 Å². The van der Waals surface area contributed by atoms with Gasteiger partial charge < -0.3 is 11.2 Å². The summed E-state index contributed by atoms with van der Waals surface area (Å²) in [4.78, 5) is 12.6. The number of nitrogen functional groups attached to an aromatic ring is 1. The van der Waals surface area contributed by atoms with Crippen LogP contribution in [0.1, 0.15) is 31.7 Å². The van der Waals surface area contributed by atoms with Gasteiger partial charge in [-0.3, -0.25) is 4.79 Å². The molecule has 6 nitrogen and oxygen atoms in total. The van der Waals surface area contributed by atoms with Crippen LogP contribution in [0.3, 0.4) is 0 Å². The molecule has 0 fully saturated rings. The molecule has 3 N–H and O–H groups in total. The van der Waals surface area contributed by atoms with E-state index in [1.165, 1.54) is 34.1 Å². The highest BCUT2D eigenvalue weighted by molar-refractivity contribution is 8.00. The van der Waals surface area contributed by atoms with Gasteiger partial charge in [0.2, 0.25) is 11.1 Å². The molecule has 2 aromatic carbocycles. The summed E-state index contributed by atoms with van der Waals surface area (Å²) in [5, 5.41) is 11.1. The van der Waals surface area contributed by atoms with Crippen LogP contribution in [-0.4, -0.2) is 32.6 Å². The molecule has 0 saturated heterocycles. The van der Waals surface area contributed by atoms with Gasteiger partial charge >= 0.3 is 0 Å². The molecule has 152 valence electrons. The Morgan fingerprint density at radius 2 is 1.97 bits per heavy atom. The lowest BCUT2D eigenvalue weighted by Crippen LogP contribution is -2.34. The summed E-state index contributed by atoms with van der Waals surface area (Å²) >= 11 is 1.21. The normalized spacial score (nSPS) is 13.1. The smallest absolute Gasteiger partial charge is 0.233 e. The summed E-state index contributed by atoms with van der Waals surface area (Å²) < 4.78 is 14.7. The summed E-state index contributed by atoms with van der Waals surface area (Å²) in [7, 11) is 0. The fraction of sp³-hybridized carbons (Fsp3) is 0.286. The zero-order chi connectivity index (χ0) is 20.8. The molecule has 1 aromatic heterocycles. The van der Waals surface area contributed by atoms with Gasteiger partial charge in [0.15, 0.2) is 5.82 Å². The van der Waals surface area contributed by atoms with Gasteiger partial charge in [-0.1, -0.05) is 61.2 Å². The second-order valence-corrected chi connectivity index (χ2v) is 8.02. The molecule has 8 heteroatoms. The second-order valence-electron chi connectivity index (χ2n) is 6.71. The highest BCUT2D eigenvalue weighted by atomic mass is 32.2. The van der Waals surface area contributed by atoms with Crippen molar-refractivity contribution in [2.75, 3.05) is 12.4 Å². The number of nitrogens with two attached hydrogens (primary N) is 1. The standard InChI is InChI=1S/C21H24FN5OS/c1-3-15(16-8-5-4-6-9-16)13-24-20(28)14(2)29-21-26-25-19(27(21)23)17-10-7-11-18(22)12-17/h4-12,14-15H,3,13,23H2,1-2H3,(H,24,28)/t14-,15+/m0/s1. The van der Waals surface area contributed by atoms with E-state index < -0.39 is 5.25 Å². The molecule has 2 atom stereocenters. The van der Waals surface area contributed by atoms with E-state index >= 15 is 0 Å². The molecule has 0 aliphatic carbocycles. The van der Waals surface area contributed by atoms with E-state index in [4.69, 9.17) is 5.84 Å². The first kappa shape index (κ1) is 20.9. The number of rotatable bonds is 8. The third-order valence-electron chi connectivity index (χ3n) is 4.69. The number of nitrogens with zero attached hydrogens (tertiary/aromatic N) is 3. The summed E-state index contributed by atoms with van der Waals surface area (Å²) in [6, 6.07) is 16.1. The van der Waals surface area contributed by atoms with Crippen molar-refractivity contribution in [3.63, 3.8) is 0 Å². The SMILES string of the molecule is CC[C@H](CNC(=O)[C@H](C)Sc1nnc(-c2cccc(F)c2)n1N)c1ccccc1. The molecule has 0 aliphatic rings. The first-order valence-corrected chi connectivity index (χ1v) is 10.3. The number of hydrogen-bond acceptors (Lipinski definition) is 5. The molecular weight excluding hydrogens is 389 g/mol. The Morgan fingerprint density at radius 3 is 2.66 bits per heavy atom. The van der Waals surface area contributed by atoms with Crippen molar-refractivity contribution >= 4 is 17.7 Å². The van der Waals surface area contributed by atoms with Gasteiger partial charge in [-0.15, -0.1) is 10.2 Å². The molecule has 0 aliphatic heterocycles. The average molecular weight is 414 g/mol. The molecule has 3 rings (SSSR count). The molecule has 3 aromatic rings. The number of aromatic nitrogens is 3. The molecule has 0 spiro atoms. The second kappa shape index (κ2) is 9.56. The van der Waals surface area contributed by atoms with Crippen LogP contribution >= 0.6 is 11.8 Å². The summed E-state index contributed by atoms with van der Waals surface area (Å²) in [6.45, 7) is 4.46. The number of hydrogen-bond donors (Lipinski definition) is 2. The van der Waals surface area contributed by atoms with Crippen molar-refractivity contribution in [2.45, 2.75) is 36.6 Å². The Kier molecular flexibility index (Phi) is 6.87. The third kappa shape index (κ3) is 5.14. The lowest BCUT2D eigenvalue weighted by molar-refractivity contribution is -0.120. The summed E-state index contributed by atoms with van der Waals surface area (Å²) in [5.74, 6) is 6.20. The van der Waals surface area contributed by atoms with Crippen molar-refractivity contribution in [2.24, 2.45) is 0 Å². The third-order valence-corrected chi connectivity index (χ3v) is 5.74. The Balaban J connectivity index is 1.61. The van der Waals surface area contributed by atoms with Crippen LogP contribution in [-0.2, 0) is 4.79 Å². The van der Waals surface area contributed by atoms with Crippen LogP contribution in [0.5, 0.6) is 0 Å². The van der Waals surface area contributed by atoms with E-state index in [-0.39, 0.29) is 17.6 Å². The maximum atomic E-state index is 13.5. The largest absolute Gasteiger partial charge is 0.355 e. The quantitative estimate of drug-likeness (QED) is 0.435. The van der Waals surface area contributed by atoms with Gasteiger partial charge in [0.25, 0.3) is 0 Å². The minimum Gasteiger partial charge on any atom is -0.355 e. The van der Waals surface area contributed by atoms with E-state index in [2.05, 4.69) is 34.6 Å². The fourth-order valence-electron chi connectivity index (χ4n) is 2.98. The number of amides is 1. The van der Waals surface area contributed by atoms with Gasteiger partial charge in [0.1, 0.15) is 5.82 Å². The fourth-order valence-corrected chi connectivity index (χ4v) is 3.78. The van der Waals surface area contributed by atoms with Crippen LogP contribution in [0.25, 0.3) is 11.4 Å². The Bertz CT molecular complexity index is 963. The Labute approximate surface area is 173 Å². The predicted molar refractivity (Wildman–Crippen MR) is 113 cm³/mol. The number of carbonyl (C=O) groups is 1. The predicted octanol–water partition coefficient (Wildman–Crippen LogP) is 3.59. The minimum absolute atomic E-state index is 0.0975. The van der Waals surface area contributed by atoms with Gasteiger partial charge in [-0.2, -0.15) is 0 Å². The molecule has 1 heterocycles. The van der Waals surface area contributed by atoms with Crippen molar-refractivity contribution in [1.29, 1.82) is 0 Å². The van der Waals surface area contributed by atoms with Gasteiger partial charge in [-0.05, 0) is 31.0 Å². The average Bonchev–Trinajstić information content (AvgIpc) is 3.09. The molecule has 0 bridgehead atoms. The van der Waals surface area contributed by atoms with Crippen LogP contribution in [0.2, 0.25) is 0 Å². The molecule has 0 unspecified atom stereocenters. The number of nitrogens with one attached hydrogen (secondary N) is 1. The Morgan fingerprint density at radius 1 is 1.21 bits per heavy atom. The van der Waals surface area contributed by atoms with E-state index in [0.29, 0.717) is 23.1 Å². The maximum Gasteiger partial charge on any atom is 0.233 e. The molecule has 0 saturated carbocycles. The molecular formula is C21H24FN5OS. The van der Waals surface area contributed by atoms with E-state index in [9.17, 15) is 9.18 Å². The van der Waals surface area contributed by atoms with Gasteiger partial charge in [0.05, 0.1) is 5.25 Å². The number of carbonyl (C=O) groups excluding carboxylic acids is 1. The zero-order valence-corrected chi connectivity index (χ0v) is 17.2. The van der Waals surface area contributed by atoms with Gasteiger partial charge in [0, 0.05) is 18.0 Å². The number of halogens is 1. The van der Waals surface area contributed by atoms with Crippen LogP contribution < -0.4 is 11.2 Å². The van der Waals surface area contributed by atoms with Gasteiger partial charge in [-0.25, -0.2) is 9.07 Å². The number of thioether (sulfide) groups is 1. The highest BCUT2D eigenvalue weighted by Crippen LogP contribution is 2.25. The summed E-state index contributed by atoms with van der Waals surface area (Å²) in [6.07, 6.45) is 0.930. The lowest BCUT2D eigenvalue weighted by atomic mass is 9.96. The lowest BCUT2D eigenvalue weighted by Gasteiger charge is -2.18. The number of benzene rings is 2. The highest BCUT2D eigenvalue weighted by Gasteiger charge is 2.21. The molecule has 29 heavy (non-hydrogen) atoms. The zero-order valence-electron chi connectivity index (χ0n) is 16.4. The topological polar surface area (TPSA) is 85.8 Å². The maximum absolute atomic E-state index is 13.5. The monoisotopic (exact) mass is 413 g/mol.